The molecule has 1 aromatic carbocycles. The number of aromatic hydroxyl groups is 2. The number of carbonyl (C=O) groups is 1. The molecular formula is C19H20N4O6. The Hall–Kier alpha value is -3.82. The maximum Gasteiger partial charge on any atom is 0.274 e. The molecule has 0 atom stereocenters. The third-order valence-corrected chi connectivity index (χ3v) is 4.22. The number of carbonyl (C=O) groups excluding carboxylic acids is 1. The molecule has 0 unspecified atom stereocenters. The Morgan fingerprint density at radius 1 is 1.21 bits per heavy atom. The van der Waals surface area contributed by atoms with E-state index in [0.717, 1.165) is 6.21 Å². The highest BCUT2D eigenvalue weighted by atomic mass is 16.5. The molecule has 2 heterocycles. The molecule has 0 radical (unpaired) electrons. The van der Waals surface area contributed by atoms with Crippen molar-refractivity contribution in [3.63, 3.8) is 0 Å². The molecule has 29 heavy (non-hydrogen) atoms. The number of phenols is 2. The van der Waals surface area contributed by atoms with E-state index in [9.17, 15) is 15.0 Å². The summed E-state index contributed by atoms with van der Waals surface area (Å²) in [5.74, 6) is -0.684. The second kappa shape index (κ2) is 8.05. The molecule has 1 amide bonds. The Morgan fingerprint density at radius 3 is 2.62 bits per heavy atom. The number of nitrogens with zero attached hydrogens (tertiary/aromatic N) is 3. The van der Waals surface area contributed by atoms with Crippen LogP contribution in [-0.4, -0.2) is 44.4 Å². The first-order chi connectivity index (χ1) is 13.9. The number of phenolic OH excluding ortho intramolecular Hbond substituents is 2. The molecule has 3 aromatic rings. The van der Waals surface area contributed by atoms with Gasteiger partial charge in [-0.25, -0.2) is 0 Å². The molecule has 10 heteroatoms. The van der Waals surface area contributed by atoms with Crippen molar-refractivity contribution in [2.75, 3.05) is 6.54 Å². The van der Waals surface area contributed by atoms with Crippen LogP contribution in [0.1, 0.15) is 48.4 Å². The van der Waals surface area contributed by atoms with Crippen molar-refractivity contribution in [1.29, 1.82) is 0 Å². The van der Waals surface area contributed by atoms with Gasteiger partial charge in [-0.15, -0.1) is 0 Å². The number of hydrogen-bond donors (Lipinski definition) is 4. The summed E-state index contributed by atoms with van der Waals surface area (Å²) < 4.78 is 10.7. The van der Waals surface area contributed by atoms with E-state index < -0.39 is 5.91 Å². The van der Waals surface area contributed by atoms with Gasteiger partial charge in [-0.1, -0.05) is 29.3 Å². The fourth-order valence-electron chi connectivity index (χ4n) is 2.87. The minimum Gasteiger partial charge on any atom is -0.508 e. The first-order valence-corrected chi connectivity index (χ1v) is 8.85. The van der Waals surface area contributed by atoms with Gasteiger partial charge in [-0.2, -0.15) is 0 Å². The lowest BCUT2D eigenvalue weighted by atomic mass is 9.95. The van der Waals surface area contributed by atoms with Gasteiger partial charge >= 0.3 is 0 Å². The summed E-state index contributed by atoms with van der Waals surface area (Å²) in [5.41, 5.74) is 1.10. The summed E-state index contributed by atoms with van der Waals surface area (Å²) in [5, 5.41) is 42.3. The van der Waals surface area contributed by atoms with Crippen molar-refractivity contribution >= 4 is 12.1 Å². The number of hydrogen-bond acceptors (Lipinski definition) is 9. The van der Waals surface area contributed by atoms with Crippen molar-refractivity contribution in [3.8, 4) is 34.1 Å². The van der Waals surface area contributed by atoms with Gasteiger partial charge in [0, 0.05) is 18.7 Å². The van der Waals surface area contributed by atoms with Crippen molar-refractivity contribution in [1.82, 2.24) is 15.6 Å². The predicted molar refractivity (Wildman–Crippen MR) is 102 cm³/mol. The van der Waals surface area contributed by atoms with E-state index in [1.807, 2.05) is 13.8 Å². The monoisotopic (exact) mass is 400 g/mol. The van der Waals surface area contributed by atoms with Crippen LogP contribution in [-0.2, 0) is 0 Å². The molecular weight excluding hydrogens is 380 g/mol. The van der Waals surface area contributed by atoms with Crippen LogP contribution in [0.15, 0.2) is 32.4 Å². The maximum absolute atomic E-state index is 12.5. The Balaban J connectivity index is 2.25. The number of nitrogens with one attached hydrogen (secondary N) is 1. The Labute approximate surface area is 165 Å². The Bertz CT molecular complexity index is 1070. The third kappa shape index (κ3) is 3.77. The van der Waals surface area contributed by atoms with Gasteiger partial charge in [-0.05, 0) is 24.5 Å². The quantitative estimate of drug-likeness (QED) is 0.279. The fourth-order valence-corrected chi connectivity index (χ4v) is 2.87. The van der Waals surface area contributed by atoms with E-state index in [4.69, 9.17) is 14.3 Å². The largest absolute Gasteiger partial charge is 0.508 e. The van der Waals surface area contributed by atoms with E-state index in [-0.39, 0.29) is 51.5 Å². The van der Waals surface area contributed by atoms with Gasteiger partial charge in [0.15, 0.2) is 17.2 Å². The van der Waals surface area contributed by atoms with Crippen LogP contribution in [0.4, 0.5) is 0 Å². The highest BCUT2D eigenvalue weighted by molar-refractivity contribution is 6.02. The molecule has 0 spiro atoms. The van der Waals surface area contributed by atoms with Crippen LogP contribution in [0.25, 0.3) is 22.6 Å². The van der Waals surface area contributed by atoms with Gasteiger partial charge < -0.3 is 29.8 Å². The van der Waals surface area contributed by atoms with Gasteiger partial charge in [0.1, 0.15) is 22.8 Å². The number of oxime groups is 1. The van der Waals surface area contributed by atoms with Gasteiger partial charge in [0.2, 0.25) is 0 Å². The molecule has 0 saturated carbocycles. The van der Waals surface area contributed by atoms with E-state index >= 15 is 0 Å². The number of amides is 1. The lowest BCUT2D eigenvalue weighted by Gasteiger charge is -2.11. The number of benzene rings is 1. The molecule has 0 bridgehead atoms. The van der Waals surface area contributed by atoms with E-state index in [1.54, 1.807) is 13.0 Å². The van der Waals surface area contributed by atoms with Crippen LogP contribution in [0.2, 0.25) is 0 Å². The lowest BCUT2D eigenvalue weighted by Crippen LogP contribution is -2.23. The minimum absolute atomic E-state index is 0.0405. The molecule has 4 N–H and O–H groups in total. The van der Waals surface area contributed by atoms with Crippen LogP contribution in [0.5, 0.6) is 11.5 Å². The van der Waals surface area contributed by atoms with Crippen LogP contribution in [0, 0.1) is 0 Å². The van der Waals surface area contributed by atoms with E-state index in [0.29, 0.717) is 12.1 Å². The summed E-state index contributed by atoms with van der Waals surface area (Å²) in [7, 11) is 0. The molecule has 2 aromatic heterocycles. The molecule has 0 saturated heterocycles. The summed E-state index contributed by atoms with van der Waals surface area (Å²) in [6, 6.07) is 4.19. The van der Waals surface area contributed by atoms with Crippen molar-refractivity contribution in [2.45, 2.75) is 26.7 Å². The zero-order valence-corrected chi connectivity index (χ0v) is 16.0. The summed E-state index contributed by atoms with van der Waals surface area (Å²) in [6.45, 7) is 5.88. The smallest absolute Gasteiger partial charge is 0.274 e. The van der Waals surface area contributed by atoms with Gasteiger partial charge in [0.05, 0.1) is 11.8 Å². The normalized spacial score (nSPS) is 11.4. The Morgan fingerprint density at radius 2 is 1.97 bits per heavy atom. The second-order valence-corrected chi connectivity index (χ2v) is 6.54. The SMILES string of the molecule is CCNC(=O)c1noc(-c2cc(C(C)C)c(O)cc2O)c1-c1cc(C=NO)no1. The summed E-state index contributed by atoms with van der Waals surface area (Å²) in [4.78, 5) is 12.5. The topological polar surface area (TPSA) is 154 Å². The second-order valence-electron chi connectivity index (χ2n) is 6.54. The summed E-state index contributed by atoms with van der Waals surface area (Å²) >= 11 is 0. The molecule has 0 fully saturated rings. The average Bonchev–Trinajstić information content (AvgIpc) is 3.28. The van der Waals surface area contributed by atoms with Gasteiger partial charge in [0.25, 0.3) is 5.91 Å². The first-order valence-electron chi connectivity index (χ1n) is 8.85. The molecule has 0 aliphatic rings. The van der Waals surface area contributed by atoms with E-state index in [1.165, 1.54) is 12.1 Å². The lowest BCUT2D eigenvalue weighted by molar-refractivity contribution is 0.0947. The number of aromatic nitrogens is 2. The fraction of sp³-hybridized carbons (Fsp3) is 0.263. The highest BCUT2D eigenvalue weighted by Gasteiger charge is 2.29. The van der Waals surface area contributed by atoms with Crippen LogP contribution < -0.4 is 5.32 Å². The average molecular weight is 400 g/mol. The summed E-state index contributed by atoms with van der Waals surface area (Å²) in [6.07, 6.45) is 1.06. The van der Waals surface area contributed by atoms with Crippen LogP contribution in [0.3, 0.4) is 0 Å². The van der Waals surface area contributed by atoms with Crippen molar-refractivity contribution in [2.24, 2.45) is 5.16 Å². The van der Waals surface area contributed by atoms with Gasteiger partial charge in [-0.3, -0.25) is 4.79 Å². The Kier molecular flexibility index (Phi) is 5.53. The minimum atomic E-state index is -0.506. The molecule has 10 nitrogen and oxygen atoms in total. The zero-order chi connectivity index (χ0) is 21.1. The van der Waals surface area contributed by atoms with Crippen LogP contribution >= 0.6 is 0 Å². The predicted octanol–water partition coefficient (Wildman–Crippen LogP) is 3.09. The highest BCUT2D eigenvalue weighted by Crippen LogP contribution is 2.43. The molecule has 0 aliphatic carbocycles. The standard InChI is InChI=1S/C19H20N4O6/c1-4-20-19(26)17-16(15-5-10(8-21-27)22-28-15)18(29-23-17)12-6-11(9(2)3)13(24)7-14(12)25/h5-9,24-25,27H,4H2,1-3H3,(H,20,26). The van der Waals surface area contributed by atoms with E-state index in [2.05, 4.69) is 20.8 Å². The zero-order valence-electron chi connectivity index (χ0n) is 16.0. The van der Waals surface area contributed by atoms with Crippen molar-refractivity contribution in [3.05, 3.63) is 35.2 Å². The molecule has 3 rings (SSSR count). The van der Waals surface area contributed by atoms with Crippen molar-refractivity contribution < 1.29 is 29.3 Å². The third-order valence-electron chi connectivity index (χ3n) is 4.22. The first kappa shape index (κ1) is 19.9. The molecule has 0 aliphatic heterocycles. The molecule has 152 valence electrons. The number of rotatable bonds is 6. The maximum atomic E-state index is 12.5.